The summed E-state index contributed by atoms with van der Waals surface area (Å²) in [5, 5.41) is 7.31. The van der Waals surface area contributed by atoms with Crippen LogP contribution in [0.4, 0.5) is 11.8 Å². The molecule has 3 heterocycles. The van der Waals surface area contributed by atoms with E-state index in [0.29, 0.717) is 30.0 Å². The Labute approximate surface area is 132 Å². The van der Waals surface area contributed by atoms with Crippen molar-refractivity contribution in [1.29, 1.82) is 0 Å². The molecule has 5 nitrogen and oxygen atoms in total. The van der Waals surface area contributed by atoms with Gasteiger partial charge in [-0.25, -0.2) is 4.98 Å². The van der Waals surface area contributed by atoms with Crippen molar-refractivity contribution >= 4 is 11.8 Å². The van der Waals surface area contributed by atoms with Crippen molar-refractivity contribution in [1.82, 2.24) is 15.3 Å². The van der Waals surface area contributed by atoms with Crippen LogP contribution in [0.2, 0.25) is 0 Å². The maximum Gasteiger partial charge on any atom is 0.222 e. The van der Waals surface area contributed by atoms with Crippen LogP contribution < -0.4 is 16.4 Å². The van der Waals surface area contributed by atoms with E-state index in [0.717, 1.165) is 11.5 Å². The summed E-state index contributed by atoms with van der Waals surface area (Å²) in [5.74, 6) is 1.92. The van der Waals surface area contributed by atoms with Gasteiger partial charge < -0.3 is 16.4 Å². The van der Waals surface area contributed by atoms with E-state index in [1.165, 1.54) is 57.8 Å². The molecule has 2 atom stereocenters. The van der Waals surface area contributed by atoms with Gasteiger partial charge in [-0.1, -0.05) is 19.3 Å². The molecular formula is C17H27N5. The molecule has 3 aliphatic rings. The molecule has 2 saturated heterocycles. The van der Waals surface area contributed by atoms with Crippen molar-refractivity contribution < 1.29 is 0 Å². The lowest BCUT2D eigenvalue weighted by Gasteiger charge is -2.30. The van der Waals surface area contributed by atoms with E-state index in [4.69, 9.17) is 5.73 Å². The van der Waals surface area contributed by atoms with Gasteiger partial charge in [0.2, 0.25) is 5.95 Å². The minimum atomic E-state index is 0.419. The third kappa shape index (κ3) is 3.05. The van der Waals surface area contributed by atoms with Gasteiger partial charge in [-0.2, -0.15) is 4.98 Å². The molecule has 1 saturated carbocycles. The molecule has 3 fully saturated rings. The maximum atomic E-state index is 5.96. The Morgan fingerprint density at radius 3 is 2.45 bits per heavy atom. The fourth-order valence-corrected chi connectivity index (χ4v) is 4.55. The van der Waals surface area contributed by atoms with Crippen molar-refractivity contribution in [3.63, 3.8) is 0 Å². The fraction of sp³-hybridized carbons (Fsp3) is 0.765. The highest BCUT2D eigenvalue weighted by molar-refractivity contribution is 5.42. The van der Waals surface area contributed by atoms with E-state index >= 15 is 0 Å². The summed E-state index contributed by atoms with van der Waals surface area (Å²) in [4.78, 5) is 8.94. The zero-order valence-electron chi connectivity index (χ0n) is 13.2. The molecule has 2 aliphatic heterocycles. The first-order valence-electron chi connectivity index (χ1n) is 8.93. The van der Waals surface area contributed by atoms with Crippen LogP contribution in [-0.4, -0.2) is 28.1 Å². The SMILES string of the molecule is Nc1nc(NC2CC3CCC(C2)N3)cc(C2CCCCC2)n1. The number of hydrogen-bond acceptors (Lipinski definition) is 5. The Hall–Kier alpha value is -1.36. The molecule has 1 aliphatic carbocycles. The molecular weight excluding hydrogens is 274 g/mol. The highest BCUT2D eigenvalue weighted by Crippen LogP contribution is 2.33. The molecule has 2 bridgehead atoms. The summed E-state index contributed by atoms with van der Waals surface area (Å²) in [6, 6.07) is 4.05. The fourth-order valence-electron chi connectivity index (χ4n) is 4.55. The lowest BCUT2D eigenvalue weighted by Crippen LogP contribution is -2.43. The van der Waals surface area contributed by atoms with E-state index in [-0.39, 0.29) is 0 Å². The average Bonchev–Trinajstić information content (AvgIpc) is 2.86. The number of fused-ring (bicyclic) bond motifs is 2. The molecule has 0 spiro atoms. The summed E-state index contributed by atoms with van der Waals surface area (Å²) in [6.45, 7) is 0. The minimum Gasteiger partial charge on any atom is -0.368 e. The predicted molar refractivity (Wildman–Crippen MR) is 88.9 cm³/mol. The Morgan fingerprint density at radius 1 is 1.00 bits per heavy atom. The van der Waals surface area contributed by atoms with Gasteiger partial charge in [0.25, 0.3) is 0 Å². The van der Waals surface area contributed by atoms with E-state index in [2.05, 4.69) is 26.7 Å². The lowest BCUT2D eigenvalue weighted by atomic mass is 9.87. The molecule has 4 rings (SSSR count). The summed E-state index contributed by atoms with van der Waals surface area (Å²) >= 11 is 0. The summed E-state index contributed by atoms with van der Waals surface area (Å²) in [5.41, 5.74) is 7.11. The molecule has 0 radical (unpaired) electrons. The Kier molecular flexibility index (Phi) is 3.90. The third-order valence-electron chi connectivity index (χ3n) is 5.61. The number of hydrogen-bond donors (Lipinski definition) is 3. The summed E-state index contributed by atoms with van der Waals surface area (Å²) < 4.78 is 0. The highest BCUT2D eigenvalue weighted by atomic mass is 15.1. The quantitative estimate of drug-likeness (QED) is 0.800. The van der Waals surface area contributed by atoms with Crippen LogP contribution in [0.3, 0.4) is 0 Å². The van der Waals surface area contributed by atoms with Gasteiger partial charge in [-0.3, -0.25) is 0 Å². The van der Waals surface area contributed by atoms with Crippen LogP contribution in [0.1, 0.15) is 69.4 Å². The number of nitrogens with one attached hydrogen (secondary N) is 2. The first kappa shape index (κ1) is 14.2. The molecule has 0 aromatic carbocycles. The average molecular weight is 301 g/mol. The Balaban J connectivity index is 1.48. The van der Waals surface area contributed by atoms with E-state index in [1.807, 2.05) is 0 Å². The maximum absolute atomic E-state index is 5.96. The van der Waals surface area contributed by atoms with Crippen LogP contribution in [0.25, 0.3) is 0 Å². The number of rotatable bonds is 3. The molecule has 120 valence electrons. The predicted octanol–water partition coefficient (Wildman–Crippen LogP) is 2.80. The monoisotopic (exact) mass is 301 g/mol. The molecule has 1 aromatic rings. The standard InChI is InChI=1S/C17H27N5/c18-17-21-15(11-4-2-1-3-5-11)10-16(22-17)20-14-8-12-6-7-13(9-14)19-12/h10-14,19H,1-9H2,(H3,18,20,21,22). The second kappa shape index (κ2) is 6.03. The topological polar surface area (TPSA) is 75.9 Å². The number of nitrogens with two attached hydrogens (primary N) is 1. The first-order valence-corrected chi connectivity index (χ1v) is 8.93. The van der Waals surface area contributed by atoms with Crippen LogP contribution in [-0.2, 0) is 0 Å². The number of aromatic nitrogens is 2. The van der Waals surface area contributed by atoms with Crippen LogP contribution >= 0.6 is 0 Å². The Bertz CT molecular complexity index is 514. The second-order valence-electron chi connectivity index (χ2n) is 7.32. The van der Waals surface area contributed by atoms with Gasteiger partial charge in [0.15, 0.2) is 0 Å². The molecule has 22 heavy (non-hydrogen) atoms. The molecule has 1 aromatic heterocycles. The minimum absolute atomic E-state index is 0.419. The number of nitrogen functional groups attached to an aromatic ring is 1. The number of nitrogens with zero attached hydrogens (tertiary/aromatic N) is 2. The van der Waals surface area contributed by atoms with Gasteiger partial charge in [0, 0.05) is 30.1 Å². The van der Waals surface area contributed by atoms with Gasteiger partial charge in [-0.05, 0) is 38.5 Å². The number of anilines is 2. The largest absolute Gasteiger partial charge is 0.368 e. The molecule has 0 amide bonds. The van der Waals surface area contributed by atoms with Gasteiger partial charge in [0.1, 0.15) is 5.82 Å². The molecule has 4 N–H and O–H groups in total. The summed E-state index contributed by atoms with van der Waals surface area (Å²) in [7, 11) is 0. The van der Waals surface area contributed by atoms with E-state index in [9.17, 15) is 0 Å². The van der Waals surface area contributed by atoms with Crippen LogP contribution in [0.15, 0.2) is 6.07 Å². The zero-order chi connectivity index (χ0) is 14.9. The van der Waals surface area contributed by atoms with Gasteiger partial charge in [0.05, 0.1) is 5.69 Å². The van der Waals surface area contributed by atoms with Crippen LogP contribution in [0.5, 0.6) is 0 Å². The Morgan fingerprint density at radius 2 is 1.73 bits per heavy atom. The lowest BCUT2D eigenvalue weighted by molar-refractivity contribution is 0.377. The van der Waals surface area contributed by atoms with Crippen molar-refractivity contribution in [3.8, 4) is 0 Å². The van der Waals surface area contributed by atoms with Gasteiger partial charge >= 0.3 is 0 Å². The molecule has 5 heteroatoms. The van der Waals surface area contributed by atoms with E-state index < -0.39 is 0 Å². The highest BCUT2D eigenvalue weighted by Gasteiger charge is 2.33. The van der Waals surface area contributed by atoms with Gasteiger partial charge in [-0.15, -0.1) is 0 Å². The molecule has 2 unspecified atom stereocenters. The van der Waals surface area contributed by atoms with Crippen molar-refractivity contribution in [2.24, 2.45) is 0 Å². The summed E-state index contributed by atoms with van der Waals surface area (Å²) in [6.07, 6.45) is 11.5. The van der Waals surface area contributed by atoms with Crippen molar-refractivity contribution in [2.45, 2.75) is 81.8 Å². The zero-order valence-corrected chi connectivity index (χ0v) is 13.2. The van der Waals surface area contributed by atoms with Crippen molar-refractivity contribution in [3.05, 3.63) is 11.8 Å². The van der Waals surface area contributed by atoms with Crippen molar-refractivity contribution in [2.75, 3.05) is 11.1 Å². The number of piperidine rings is 1. The van der Waals surface area contributed by atoms with E-state index in [1.54, 1.807) is 0 Å². The normalized spacial score (nSPS) is 32.1. The first-order chi connectivity index (χ1) is 10.8. The second-order valence-corrected chi connectivity index (χ2v) is 7.32. The smallest absolute Gasteiger partial charge is 0.222 e. The third-order valence-corrected chi connectivity index (χ3v) is 5.61. The van der Waals surface area contributed by atoms with Crippen LogP contribution in [0, 0.1) is 0 Å².